The van der Waals surface area contributed by atoms with Gasteiger partial charge in [-0.25, -0.2) is 9.37 Å². The summed E-state index contributed by atoms with van der Waals surface area (Å²) in [5, 5.41) is 19.6. The summed E-state index contributed by atoms with van der Waals surface area (Å²) >= 11 is 0. The second kappa shape index (κ2) is 7.36. The Morgan fingerprint density at radius 1 is 1.41 bits per heavy atom. The lowest BCUT2D eigenvalue weighted by atomic mass is 10.2. The summed E-state index contributed by atoms with van der Waals surface area (Å²) in [5.41, 5.74) is 0.375. The van der Waals surface area contributed by atoms with Gasteiger partial charge in [0, 0.05) is 13.0 Å². The van der Waals surface area contributed by atoms with Crippen molar-refractivity contribution in [1.29, 1.82) is 0 Å². The monoisotopic (exact) mass is 236 g/mol. The van der Waals surface area contributed by atoms with E-state index in [9.17, 15) is 4.39 Å². The van der Waals surface area contributed by atoms with Gasteiger partial charge in [-0.15, -0.1) is 0 Å². The molecule has 0 atom stereocenters. The largest absolute Gasteiger partial charge is 0.411 e. The van der Waals surface area contributed by atoms with Gasteiger partial charge < -0.3 is 10.3 Å². The van der Waals surface area contributed by atoms with Gasteiger partial charge >= 0.3 is 0 Å². The van der Waals surface area contributed by atoms with Crippen LogP contribution in [0.1, 0.15) is 30.7 Å². The predicted octanol–water partition coefficient (Wildman–Crippen LogP) is 1.54. The quantitative estimate of drug-likeness (QED) is 0.274. The van der Waals surface area contributed by atoms with Crippen molar-refractivity contribution in [1.82, 2.24) is 4.98 Å². The van der Waals surface area contributed by atoms with Gasteiger partial charge in [0.05, 0.1) is 6.21 Å². The first kappa shape index (κ1) is 13.1. The van der Waals surface area contributed by atoms with Gasteiger partial charge in [0.1, 0.15) is 11.4 Å². The van der Waals surface area contributed by atoms with Crippen LogP contribution >= 0.6 is 0 Å². The normalized spacial score (nSPS) is 10.2. The Morgan fingerprint density at radius 2 is 2.24 bits per heavy atom. The molecule has 1 heterocycles. The van der Waals surface area contributed by atoms with Crippen molar-refractivity contribution >= 4 is 6.21 Å². The lowest BCUT2D eigenvalue weighted by Gasteiger charge is -1.95. The van der Waals surface area contributed by atoms with E-state index < -0.39 is 5.82 Å². The van der Waals surface area contributed by atoms with Gasteiger partial charge in [-0.3, -0.25) is 0 Å². The Labute approximate surface area is 98.8 Å². The fourth-order valence-corrected chi connectivity index (χ4v) is 1.15. The van der Waals surface area contributed by atoms with Gasteiger partial charge in [-0.05, 0) is 30.9 Å². The predicted molar refractivity (Wildman–Crippen MR) is 61.4 cm³/mol. The highest BCUT2D eigenvalue weighted by atomic mass is 19.1. The van der Waals surface area contributed by atoms with Crippen molar-refractivity contribution in [3.63, 3.8) is 0 Å². The maximum atomic E-state index is 13.1. The zero-order valence-electron chi connectivity index (χ0n) is 9.23. The van der Waals surface area contributed by atoms with Crippen LogP contribution in [0.15, 0.2) is 17.3 Å². The summed E-state index contributed by atoms with van der Waals surface area (Å²) in [6.45, 7) is 0.160. The molecule has 4 nitrogen and oxygen atoms in total. The number of pyridine rings is 1. The van der Waals surface area contributed by atoms with Crippen molar-refractivity contribution in [2.45, 2.75) is 19.3 Å². The van der Waals surface area contributed by atoms with Gasteiger partial charge in [0.15, 0.2) is 5.82 Å². The van der Waals surface area contributed by atoms with Gasteiger partial charge in [0.25, 0.3) is 0 Å². The number of aromatic nitrogens is 1. The van der Waals surface area contributed by atoms with Crippen molar-refractivity contribution < 1.29 is 14.7 Å². The Hall–Kier alpha value is -1.93. The minimum atomic E-state index is -0.561. The van der Waals surface area contributed by atoms with E-state index in [4.69, 9.17) is 10.3 Å². The summed E-state index contributed by atoms with van der Waals surface area (Å²) in [6, 6.07) is 2.69. The average molecular weight is 236 g/mol. The molecule has 0 aliphatic heterocycles. The molecule has 2 N–H and O–H groups in total. The first-order chi connectivity index (χ1) is 8.27. The van der Waals surface area contributed by atoms with Crippen molar-refractivity contribution in [3.05, 3.63) is 29.3 Å². The second-order valence-corrected chi connectivity index (χ2v) is 3.29. The standard InChI is InChI=1S/C12H13FN2O2/c13-11-7-6-10(15-12(11)9-14-17)5-3-1-2-4-8-16/h6-7,9,16-17H,1-2,4,8H2. The minimum Gasteiger partial charge on any atom is -0.411 e. The van der Waals surface area contributed by atoms with Crippen molar-refractivity contribution in [3.8, 4) is 11.8 Å². The van der Waals surface area contributed by atoms with Crippen LogP contribution in [0.25, 0.3) is 0 Å². The number of nitrogens with zero attached hydrogens (tertiary/aromatic N) is 2. The highest BCUT2D eigenvalue weighted by molar-refractivity contribution is 5.76. The van der Waals surface area contributed by atoms with E-state index in [1.807, 2.05) is 0 Å². The van der Waals surface area contributed by atoms with E-state index in [2.05, 4.69) is 22.0 Å². The van der Waals surface area contributed by atoms with Crippen LogP contribution < -0.4 is 0 Å². The molecular weight excluding hydrogens is 223 g/mol. The number of oxime groups is 1. The van der Waals surface area contributed by atoms with Crippen LogP contribution in [0.3, 0.4) is 0 Å². The number of halogens is 1. The Bertz CT molecular complexity index is 450. The maximum absolute atomic E-state index is 13.1. The molecule has 0 amide bonds. The molecule has 0 bridgehead atoms. The number of aliphatic hydroxyl groups is 1. The number of hydrogen-bond donors (Lipinski definition) is 2. The zero-order chi connectivity index (χ0) is 12.5. The molecule has 1 aromatic rings. The average Bonchev–Trinajstić information content (AvgIpc) is 2.33. The Kier molecular flexibility index (Phi) is 5.69. The van der Waals surface area contributed by atoms with E-state index in [1.54, 1.807) is 0 Å². The van der Waals surface area contributed by atoms with E-state index in [-0.39, 0.29) is 12.3 Å². The number of hydrogen-bond acceptors (Lipinski definition) is 4. The molecule has 0 saturated heterocycles. The third-order valence-electron chi connectivity index (χ3n) is 1.98. The summed E-state index contributed by atoms with van der Waals surface area (Å²) in [7, 11) is 0. The van der Waals surface area contributed by atoms with Crippen LogP contribution in [0.2, 0.25) is 0 Å². The molecule has 0 radical (unpaired) electrons. The highest BCUT2D eigenvalue weighted by Crippen LogP contribution is 2.03. The lowest BCUT2D eigenvalue weighted by molar-refractivity contribution is 0.285. The van der Waals surface area contributed by atoms with Crippen LogP contribution in [0, 0.1) is 17.7 Å². The smallest absolute Gasteiger partial charge is 0.150 e. The van der Waals surface area contributed by atoms with E-state index in [0.717, 1.165) is 12.6 Å². The van der Waals surface area contributed by atoms with E-state index in [0.29, 0.717) is 18.5 Å². The zero-order valence-corrected chi connectivity index (χ0v) is 9.23. The third kappa shape index (κ3) is 4.62. The number of unbranched alkanes of at least 4 members (excludes halogenated alkanes) is 2. The van der Waals surface area contributed by atoms with E-state index in [1.165, 1.54) is 12.1 Å². The van der Waals surface area contributed by atoms with Gasteiger partial charge in [0.2, 0.25) is 0 Å². The second-order valence-electron chi connectivity index (χ2n) is 3.29. The molecule has 0 spiro atoms. The Balaban J connectivity index is 2.68. The molecule has 1 aromatic heterocycles. The Morgan fingerprint density at radius 3 is 2.94 bits per heavy atom. The molecular formula is C12H13FN2O2. The van der Waals surface area contributed by atoms with Crippen LogP contribution in [0.5, 0.6) is 0 Å². The summed E-state index contributed by atoms with van der Waals surface area (Å²) in [6.07, 6.45) is 3.11. The molecule has 90 valence electrons. The van der Waals surface area contributed by atoms with Crippen molar-refractivity contribution in [2.24, 2.45) is 5.16 Å². The van der Waals surface area contributed by atoms with Crippen LogP contribution in [-0.2, 0) is 0 Å². The molecule has 0 saturated carbocycles. The SMILES string of the molecule is OCCCCC#Cc1ccc(F)c(C=NO)n1. The summed E-state index contributed by atoms with van der Waals surface area (Å²) in [4.78, 5) is 3.87. The van der Waals surface area contributed by atoms with Gasteiger partial charge in [-0.1, -0.05) is 11.1 Å². The van der Waals surface area contributed by atoms with Gasteiger partial charge in [-0.2, -0.15) is 0 Å². The highest BCUT2D eigenvalue weighted by Gasteiger charge is 2.01. The topological polar surface area (TPSA) is 65.7 Å². The lowest BCUT2D eigenvalue weighted by Crippen LogP contribution is -1.95. The molecule has 1 rings (SSSR count). The van der Waals surface area contributed by atoms with Crippen molar-refractivity contribution in [2.75, 3.05) is 6.61 Å². The molecule has 0 unspecified atom stereocenters. The molecule has 0 fully saturated rings. The fourth-order valence-electron chi connectivity index (χ4n) is 1.15. The molecule has 17 heavy (non-hydrogen) atoms. The number of aliphatic hydroxyl groups excluding tert-OH is 1. The molecule has 0 aliphatic carbocycles. The third-order valence-corrected chi connectivity index (χ3v) is 1.98. The van der Waals surface area contributed by atoms with E-state index >= 15 is 0 Å². The first-order valence-electron chi connectivity index (χ1n) is 5.21. The molecule has 0 aromatic carbocycles. The van der Waals surface area contributed by atoms with Crippen LogP contribution in [0.4, 0.5) is 4.39 Å². The molecule has 0 aliphatic rings. The van der Waals surface area contributed by atoms with Crippen LogP contribution in [-0.4, -0.2) is 28.1 Å². The fraction of sp³-hybridized carbons (Fsp3) is 0.333. The summed E-state index contributed by atoms with van der Waals surface area (Å²) in [5.74, 6) is 5.09. The maximum Gasteiger partial charge on any atom is 0.150 e. The minimum absolute atomic E-state index is 0.0466. The number of rotatable bonds is 4. The first-order valence-corrected chi connectivity index (χ1v) is 5.21. The summed E-state index contributed by atoms with van der Waals surface area (Å²) < 4.78 is 13.1. The molecule has 5 heteroatoms.